The predicted molar refractivity (Wildman–Crippen MR) is 129 cm³/mol. The number of nitrogens with zero attached hydrogens (tertiary/aromatic N) is 4. The summed E-state index contributed by atoms with van der Waals surface area (Å²) < 4.78 is 13.1. The van der Waals surface area contributed by atoms with Crippen LogP contribution in [0, 0.1) is 0 Å². The third-order valence-electron chi connectivity index (χ3n) is 5.97. The van der Waals surface area contributed by atoms with Crippen LogP contribution in [0.3, 0.4) is 0 Å². The van der Waals surface area contributed by atoms with E-state index in [1.54, 1.807) is 14.2 Å². The highest BCUT2D eigenvalue weighted by atomic mass is 32.2. The van der Waals surface area contributed by atoms with Crippen LogP contribution >= 0.6 is 11.8 Å². The zero-order chi connectivity index (χ0) is 23.3. The van der Waals surface area contributed by atoms with Crippen molar-refractivity contribution in [2.24, 2.45) is 0 Å². The van der Waals surface area contributed by atoms with E-state index < -0.39 is 0 Å². The molecule has 1 aromatic heterocycles. The molecule has 1 amide bonds. The summed E-state index contributed by atoms with van der Waals surface area (Å²) in [5, 5.41) is 9.88. The van der Waals surface area contributed by atoms with Gasteiger partial charge in [-0.15, -0.1) is 10.2 Å². The van der Waals surface area contributed by atoms with Crippen molar-refractivity contribution < 1.29 is 14.3 Å². The van der Waals surface area contributed by atoms with Crippen LogP contribution in [0.4, 0.5) is 0 Å². The van der Waals surface area contributed by atoms with Crippen LogP contribution in [-0.4, -0.2) is 57.6 Å². The van der Waals surface area contributed by atoms with Crippen molar-refractivity contribution >= 4 is 17.7 Å². The van der Waals surface area contributed by atoms with Gasteiger partial charge in [0.25, 0.3) is 0 Å². The molecule has 0 N–H and O–H groups in total. The number of rotatable bonds is 9. The molecule has 1 heterocycles. The maximum Gasteiger partial charge on any atom is 0.233 e. The van der Waals surface area contributed by atoms with E-state index in [9.17, 15) is 4.79 Å². The quantitative estimate of drug-likeness (QED) is 0.479. The molecule has 3 rings (SSSR count). The maximum atomic E-state index is 12.9. The summed E-state index contributed by atoms with van der Waals surface area (Å²) in [5.74, 6) is 2.65. The first-order valence-electron chi connectivity index (χ1n) is 11.5. The molecule has 0 radical (unpaired) electrons. The van der Waals surface area contributed by atoms with Crippen molar-refractivity contribution in [3.8, 4) is 22.9 Å². The molecule has 1 aliphatic rings. The summed E-state index contributed by atoms with van der Waals surface area (Å²) in [5.41, 5.74) is 0.935. The van der Waals surface area contributed by atoms with E-state index in [0.717, 1.165) is 29.4 Å². The third-order valence-corrected chi connectivity index (χ3v) is 6.90. The minimum Gasteiger partial charge on any atom is -0.493 e. The number of ether oxygens (including phenoxy) is 2. The number of methoxy groups -OCH3 is 2. The van der Waals surface area contributed by atoms with Crippen LogP contribution in [-0.2, 0) is 4.79 Å². The Kier molecular flexibility index (Phi) is 8.45. The lowest BCUT2D eigenvalue weighted by Gasteiger charge is -2.31. The maximum absolute atomic E-state index is 12.9. The molecule has 0 bridgehead atoms. The lowest BCUT2D eigenvalue weighted by atomic mass is 9.95. The van der Waals surface area contributed by atoms with Crippen LogP contribution < -0.4 is 9.47 Å². The number of thioether (sulfide) groups is 1. The lowest BCUT2D eigenvalue weighted by Crippen LogP contribution is -2.43. The fourth-order valence-corrected chi connectivity index (χ4v) is 5.46. The summed E-state index contributed by atoms with van der Waals surface area (Å²) >= 11 is 1.49. The number of amides is 1. The smallest absolute Gasteiger partial charge is 0.233 e. The Bertz CT molecular complexity index is 899. The molecule has 1 aliphatic carbocycles. The average molecular weight is 461 g/mol. The van der Waals surface area contributed by atoms with Crippen LogP contribution in [0.1, 0.15) is 65.8 Å². The normalized spacial score (nSPS) is 14.8. The summed E-state index contributed by atoms with van der Waals surface area (Å²) in [6, 6.07) is 6.51. The number of aromatic nitrogens is 3. The van der Waals surface area contributed by atoms with Gasteiger partial charge in [0, 0.05) is 23.7 Å². The van der Waals surface area contributed by atoms with E-state index in [2.05, 4.69) is 42.5 Å². The highest BCUT2D eigenvalue weighted by molar-refractivity contribution is 7.99. The van der Waals surface area contributed by atoms with Crippen molar-refractivity contribution in [1.29, 1.82) is 0 Å². The Hall–Kier alpha value is -2.22. The molecular formula is C24H36N4O3S. The molecule has 0 saturated heterocycles. The molecule has 0 unspecified atom stereocenters. The first kappa shape index (κ1) is 24.4. The minimum absolute atomic E-state index is 0.130. The van der Waals surface area contributed by atoms with Crippen molar-refractivity contribution in [3.05, 3.63) is 18.2 Å². The van der Waals surface area contributed by atoms with Crippen LogP contribution in [0.25, 0.3) is 11.4 Å². The van der Waals surface area contributed by atoms with Gasteiger partial charge in [0.15, 0.2) is 22.5 Å². The molecule has 8 heteroatoms. The van der Waals surface area contributed by atoms with Gasteiger partial charge in [-0.05, 0) is 58.7 Å². The van der Waals surface area contributed by atoms with Gasteiger partial charge < -0.3 is 14.4 Å². The Morgan fingerprint density at radius 1 is 1.06 bits per heavy atom. The van der Waals surface area contributed by atoms with E-state index >= 15 is 0 Å². The SMILES string of the molecule is COc1ccc(-c2nnc(SCC(=O)N(C(C)C)C(C)C)n2C2CCCCC2)cc1OC. The van der Waals surface area contributed by atoms with Gasteiger partial charge in [-0.25, -0.2) is 0 Å². The molecular weight excluding hydrogens is 424 g/mol. The van der Waals surface area contributed by atoms with E-state index in [1.165, 1.54) is 31.0 Å². The molecule has 0 spiro atoms. The van der Waals surface area contributed by atoms with Gasteiger partial charge in [-0.2, -0.15) is 0 Å². The Morgan fingerprint density at radius 3 is 2.31 bits per heavy atom. The highest BCUT2D eigenvalue weighted by Gasteiger charge is 2.26. The second kappa shape index (κ2) is 11.1. The Morgan fingerprint density at radius 2 is 1.72 bits per heavy atom. The molecule has 32 heavy (non-hydrogen) atoms. The van der Waals surface area contributed by atoms with Crippen molar-refractivity contribution in [2.45, 2.75) is 83.1 Å². The fraction of sp³-hybridized carbons (Fsp3) is 0.625. The lowest BCUT2D eigenvalue weighted by molar-refractivity contribution is -0.131. The first-order chi connectivity index (χ1) is 15.4. The zero-order valence-electron chi connectivity index (χ0n) is 20.1. The van der Waals surface area contributed by atoms with E-state index in [0.29, 0.717) is 23.3 Å². The van der Waals surface area contributed by atoms with Gasteiger partial charge in [0.05, 0.1) is 20.0 Å². The highest BCUT2D eigenvalue weighted by Crippen LogP contribution is 2.38. The van der Waals surface area contributed by atoms with E-state index in [1.807, 2.05) is 23.1 Å². The minimum atomic E-state index is 0.130. The Balaban J connectivity index is 1.92. The van der Waals surface area contributed by atoms with Crippen molar-refractivity contribution in [3.63, 3.8) is 0 Å². The van der Waals surface area contributed by atoms with Crippen molar-refractivity contribution in [2.75, 3.05) is 20.0 Å². The fourth-order valence-electron chi connectivity index (χ4n) is 4.59. The number of hydrogen-bond donors (Lipinski definition) is 0. The topological polar surface area (TPSA) is 69.5 Å². The molecule has 1 aromatic carbocycles. The molecule has 2 aromatic rings. The van der Waals surface area contributed by atoms with E-state index in [-0.39, 0.29) is 18.0 Å². The van der Waals surface area contributed by atoms with Gasteiger partial charge in [-0.3, -0.25) is 9.36 Å². The standard InChI is InChI=1S/C24H36N4O3S/c1-16(2)27(17(3)4)22(29)15-32-24-26-25-23(28(24)19-10-8-7-9-11-19)18-12-13-20(30-5)21(14-18)31-6/h12-14,16-17,19H,7-11,15H2,1-6H3. The number of benzene rings is 1. The van der Waals surface area contributed by atoms with Gasteiger partial charge in [-0.1, -0.05) is 31.0 Å². The molecule has 0 atom stereocenters. The average Bonchev–Trinajstić information content (AvgIpc) is 3.21. The molecule has 0 aliphatic heterocycles. The van der Waals surface area contributed by atoms with Gasteiger partial charge >= 0.3 is 0 Å². The van der Waals surface area contributed by atoms with Crippen LogP contribution in [0.5, 0.6) is 11.5 Å². The van der Waals surface area contributed by atoms with Crippen molar-refractivity contribution in [1.82, 2.24) is 19.7 Å². The summed E-state index contributed by atoms with van der Waals surface area (Å²) in [4.78, 5) is 14.9. The summed E-state index contributed by atoms with van der Waals surface area (Å²) in [7, 11) is 3.26. The van der Waals surface area contributed by atoms with E-state index in [4.69, 9.17) is 9.47 Å². The predicted octanol–water partition coefficient (Wildman–Crippen LogP) is 5.21. The number of carbonyl (C=O) groups excluding carboxylic acids is 1. The second-order valence-electron chi connectivity index (χ2n) is 8.81. The first-order valence-corrected chi connectivity index (χ1v) is 12.5. The molecule has 176 valence electrons. The summed E-state index contributed by atoms with van der Waals surface area (Å²) in [6.45, 7) is 8.23. The largest absolute Gasteiger partial charge is 0.493 e. The summed E-state index contributed by atoms with van der Waals surface area (Å²) in [6.07, 6.45) is 5.87. The molecule has 1 saturated carbocycles. The molecule has 7 nitrogen and oxygen atoms in total. The zero-order valence-corrected chi connectivity index (χ0v) is 20.9. The third kappa shape index (κ3) is 5.39. The number of hydrogen-bond acceptors (Lipinski definition) is 6. The monoisotopic (exact) mass is 460 g/mol. The Labute approximate surface area is 195 Å². The molecule has 1 fully saturated rings. The van der Waals surface area contributed by atoms with Gasteiger partial charge in [0.2, 0.25) is 5.91 Å². The van der Waals surface area contributed by atoms with Crippen LogP contribution in [0.2, 0.25) is 0 Å². The number of carbonyl (C=O) groups is 1. The van der Waals surface area contributed by atoms with Crippen LogP contribution in [0.15, 0.2) is 23.4 Å². The second-order valence-corrected chi connectivity index (χ2v) is 9.76. The van der Waals surface area contributed by atoms with Gasteiger partial charge in [0.1, 0.15) is 0 Å².